The maximum absolute atomic E-state index is 15.0. The van der Waals surface area contributed by atoms with Gasteiger partial charge in [0.25, 0.3) is 11.8 Å². The van der Waals surface area contributed by atoms with Crippen LogP contribution in [0.15, 0.2) is 36.5 Å². The van der Waals surface area contributed by atoms with Crippen molar-refractivity contribution >= 4 is 34.3 Å². The second kappa shape index (κ2) is 11.8. The molecule has 238 valence electrons. The minimum Gasteiger partial charge on any atom is -0.494 e. The molecule has 2 aromatic carbocycles. The Morgan fingerprint density at radius 1 is 1.18 bits per heavy atom. The second-order valence-electron chi connectivity index (χ2n) is 10.3. The van der Waals surface area contributed by atoms with Gasteiger partial charge >= 0.3 is 6.18 Å². The molecule has 2 amide bonds. The summed E-state index contributed by atoms with van der Waals surface area (Å²) in [5.74, 6) is -5.14. The molecule has 2 heterocycles. The summed E-state index contributed by atoms with van der Waals surface area (Å²) in [4.78, 5) is 29.3. The van der Waals surface area contributed by atoms with Crippen molar-refractivity contribution in [1.82, 2.24) is 20.1 Å². The predicted molar refractivity (Wildman–Crippen MR) is 151 cm³/mol. The van der Waals surface area contributed by atoms with Crippen LogP contribution in [0.25, 0.3) is 22.2 Å². The number of carbonyl (C=O) groups excluding carboxylic acids is 2. The van der Waals surface area contributed by atoms with Crippen LogP contribution in [0.3, 0.4) is 0 Å². The maximum Gasteiger partial charge on any atom is 0.424 e. The van der Waals surface area contributed by atoms with Crippen molar-refractivity contribution in [2.45, 2.75) is 37.6 Å². The minimum absolute atomic E-state index is 0.0995. The zero-order valence-electron chi connectivity index (χ0n) is 23.6. The molecule has 4 aromatic rings. The summed E-state index contributed by atoms with van der Waals surface area (Å²) in [7, 11) is 1.34. The molecule has 0 bridgehead atoms. The number of primary amides is 1. The van der Waals surface area contributed by atoms with Crippen LogP contribution in [0.5, 0.6) is 11.5 Å². The SMILES string of the molecule is CCOc1c(C(N)=O)cc([C@@](O)(CNC(=O)c2cc(OC)c3nn(C4CC4)cc3c2)C(F)(F)F)nc1-c1c(F)cc(F)cc1Cl. The molecule has 10 nitrogen and oxygen atoms in total. The number of pyridine rings is 1. The first-order valence-electron chi connectivity index (χ1n) is 13.5. The van der Waals surface area contributed by atoms with Gasteiger partial charge in [-0.05, 0) is 44.0 Å². The van der Waals surface area contributed by atoms with Gasteiger partial charge in [0.1, 0.15) is 28.6 Å². The van der Waals surface area contributed by atoms with Gasteiger partial charge in [-0.3, -0.25) is 14.3 Å². The van der Waals surface area contributed by atoms with Crippen molar-refractivity contribution in [3.05, 3.63) is 70.0 Å². The summed E-state index contributed by atoms with van der Waals surface area (Å²) in [6.45, 7) is -0.229. The van der Waals surface area contributed by atoms with Crippen LogP contribution in [0.2, 0.25) is 5.02 Å². The fraction of sp³-hybridized carbons (Fsp3) is 0.310. The van der Waals surface area contributed by atoms with E-state index in [1.54, 1.807) is 10.9 Å². The first kappa shape index (κ1) is 31.9. The molecule has 0 spiro atoms. The molecule has 1 atom stereocenters. The van der Waals surface area contributed by atoms with E-state index < -0.39 is 75.1 Å². The van der Waals surface area contributed by atoms with Gasteiger partial charge in [0.15, 0.2) is 5.75 Å². The van der Waals surface area contributed by atoms with Crippen LogP contribution >= 0.6 is 11.6 Å². The highest BCUT2D eigenvalue weighted by molar-refractivity contribution is 6.33. The molecule has 2 aromatic heterocycles. The van der Waals surface area contributed by atoms with Gasteiger partial charge in [-0.15, -0.1) is 0 Å². The lowest BCUT2D eigenvalue weighted by molar-refractivity contribution is -0.265. The molecule has 1 aliphatic rings. The van der Waals surface area contributed by atoms with E-state index in [0.717, 1.165) is 12.8 Å². The highest BCUT2D eigenvalue weighted by atomic mass is 35.5. The number of nitrogens with two attached hydrogens (primary N) is 1. The molecule has 0 unspecified atom stereocenters. The van der Waals surface area contributed by atoms with E-state index in [0.29, 0.717) is 29.1 Å². The van der Waals surface area contributed by atoms with Gasteiger partial charge in [-0.2, -0.15) is 18.3 Å². The molecule has 0 aliphatic heterocycles. The van der Waals surface area contributed by atoms with Crippen LogP contribution in [0.4, 0.5) is 22.0 Å². The molecular weight excluding hydrogens is 629 g/mol. The summed E-state index contributed by atoms with van der Waals surface area (Å²) in [5.41, 5.74) is -1.63. The number of halogens is 6. The molecule has 1 saturated carbocycles. The first-order valence-corrected chi connectivity index (χ1v) is 13.8. The van der Waals surface area contributed by atoms with Crippen LogP contribution in [-0.4, -0.2) is 58.1 Å². The van der Waals surface area contributed by atoms with Gasteiger partial charge < -0.3 is 25.6 Å². The molecule has 4 N–H and O–H groups in total. The molecule has 1 aliphatic carbocycles. The van der Waals surface area contributed by atoms with Gasteiger partial charge in [-0.1, -0.05) is 11.6 Å². The lowest BCUT2D eigenvalue weighted by atomic mass is 9.94. The van der Waals surface area contributed by atoms with E-state index in [9.17, 15) is 36.6 Å². The number of carbonyl (C=O) groups is 2. The van der Waals surface area contributed by atoms with Crippen LogP contribution < -0.4 is 20.5 Å². The second-order valence-corrected chi connectivity index (χ2v) is 10.7. The Morgan fingerprint density at radius 3 is 2.47 bits per heavy atom. The number of hydrogen-bond acceptors (Lipinski definition) is 7. The van der Waals surface area contributed by atoms with Crippen molar-refractivity contribution in [3.8, 4) is 22.8 Å². The number of nitrogens with zero attached hydrogens (tertiary/aromatic N) is 3. The fourth-order valence-corrected chi connectivity index (χ4v) is 5.02. The summed E-state index contributed by atoms with van der Waals surface area (Å²) in [5, 5.41) is 17.5. The minimum atomic E-state index is -5.52. The Bertz CT molecular complexity index is 1800. The Labute approximate surface area is 256 Å². The highest BCUT2D eigenvalue weighted by Gasteiger charge is 2.57. The third-order valence-corrected chi connectivity index (χ3v) is 7.46. The van der Waals surface area contributed by atoms with E-state index >= 15 is 0 Å². The van der Waals surface area contributed by atoms with Crippen molar-refractivity contribution < 1.29 is 46.1 Å². The smallest absolute Gasteiger partial charge is 0.424 e. The topological polar surface area (TPSA) is 142 Å². The van der Waals surface area contributed by atoms with Gasteiger partial charge in [-0.25, -0.2) is 13.8 Å². The average Bonchev–Trinajstić information content (AvgIpc) is 3.73. The van der Waals surface area contributed by atoms with Crippen LogP contribution in [0, 0.1) is 11.6 Å². The molecule has 1 fully saturated rings. The lowest BCUT2D eigenvalue weighted by Crippen LogP contribution is -2.51. The number of alkyl halides is 3. The number of amides is 2. The summed E-state index contributed by atoms with van der Waals surface area (Å²) in [6.07, 6.45) is -1.98. The van der Waals surface area contributed by atoms with Crippen LogP contribution in [-0.2, 0) is 5.60 Å². The fourth-order valence-electron chi connectivity index (χ4n) is 4.74. The van der Waals surface area contributed by atoms with Crippen LogP contribution in [0.1, 0.15) is 52.2 Å². The van der Waals surface area contributed by atoms with Gasteiger partial charge in [0.05, 0.1) is 48.1 Å². The quantitative estimate of drug-likeness (QED) is 0.203. The lowest BCUT2D eigenvalue weighted by Gasteiger charge is -2.31. The zero-order chi connectivity index (χ0) is 32.8. The van der Waals surface area contributed by atoms with Crippen molar-refractivity contribution in [3.63, 3.8) is 0 Å². The Balaban J connectivity index is 1.58. The number of methoxy groups -OCH3 is 1. The number of nitrogens with one attached hydrogen (secondary N) is 1. The van der Waals surface area contributed by atoms with E-state index in [1.165, 1.54) is 26.2 Å². The van der Waals surface area contributed by atoms with E-state index in [4.69, 9.17) is 26.8 Å². The van der Waals surface area contributed by atoms with E-state index in [1.807, 2.05) is 0 Å². The largest absolute Gasteiger partial charge is 0.494 e. The van der Waals surface area contributed by atoms with Gasteiger partial charge in [0, 0.05) is 23.2 Å². The van der Waals surface area contributed by atoms with Gasteiger partial charge in [0.2, 0.25) is 5.60 Å². The number of rotatable bonds is 10. The molecule has 0 radical (unpaired) electrons. The maximum atomic E-state index is 15.0. The predicted octanol–water partition coefficient (Wildman–Crippen LogP) is 5.05. The number of fused-ring (bicyclic) bond motifs is 1. The number of ether oxygens (including phenoxy) is 2. The number of hydrogen-bond donors (Lipinski definition) is 3. The normalized spacial score (nSPS) is 14.7. The average molecular weight is 654 g/mol. The third kappa shape index (κ3) is 5.96. The molecule has 0 saturated heterocycles. The molecule has 45 heavy (non-hydrogen) atoms. The highest BCUT2D eigenvalue weighted by Crippen LogP contribution is 2.44. The molecule has 16 heteroatoms. The van der Waals surface area contributed by atoms with E-state index in [-0.39, 0.29) is 24.0 Å². The molecular formula is C29H25ClF5N5O5. The number of aromatic nitrogens is 3. The number of benzene rings is 2. The summed E-state index contributed by atoms with van der Waals surface area (Å²) in [6, 6.07) is 4.48. The van der Waals surface area contributed by atoms with Crippen molar-refractivity contribution in [2.24, 2.45) is 5.73 Å². The van der Waals surface area contributed by atoms with E-state index in [2.05, 4.69) is 15.4 Å². The molecule has 5 rings (SSSR count). The summed E-state index contributed by atoms with van der Waals surface area (Å²) < 4.78 is 85.1. The number of aliphatic hydroxyl groups is 1. The third-order valence-electron chi connectivity index (χ3n) is 7.16. The monoisotopic (exact) mass is 653 g/mol. The Hall–Kier alpha value is -4.50. The van der Waals surface area contributed by atoms with Crippen molar-refractivity contribution in [2.75, 3.05) is 20.3 Å². The summed E-state index contributed by atoms with van der Waals surface area (Å²) >= 11 is 6.04. The zero-order valence-corrected chi connectivity index (χ0v) is 24.4. The van der Waals surface area contributed by atoms with Crippen molar-refractivity contribution in [1.29, 1.82) is 0 Å². The Morgan fingerprint density at radius 2 is 1.89 bits per heavy atom. The standard InChI is InChI=1S/C29H25ClF5N5O5/c1-3-45-25-17(26(36)41)10-21(38-24(25)22-18(30)8-15(31)9-19(22)32)28(43,29(33,34)35)12-37-27(42)13-6-14-11-40(16-4-5-16)39-23(14)20(7-13)44-2/h6-11,16,43H,3-5,12H2,1-2H3,(H2,36,41)(H,37,42)/t28-/m0/s1. The Kier molecular flexibility index (Phi) is 8.35. The first-order chi connectivity index (χ1) is 21.2.